The van der Waals surface area contributed by atoms with Crippen LogP contribution >= 0.6 is 0 Å². The summed E-state index contributed by atoms with van der Waals surface area (Å²) in [6.07, 6.45) is 0. The van der Waals surface area contributed by atoms with Crippen LogP contribution in [0.2, 0.25) is 0 Å². The highest BCUT2D eigenvalue weighted by Crippen LogP contribution is 2.32. The first-order valence-corrected chi connectivity index (χ1v) is 9.37. The van der Waals surface area contributed by atoms with E-state index in [2.05, 4.69) is 59.2 Å². The van der Waals surface area contributed by atoms with Crippen LogP contribution in [-0.4, -0.2) is 14.5 Å². The van der Waals surface area contributed by atoms with Gasteiger partial charge in [-0.25, -0.2) is 4.98 Å². The van der Waals surface area contributed by atoms with Gasteiger partial charge in [-0.1, -0.05) is 78.9 Å². The van der Waals surface area contributed by atoms with Crippen LogP contribution in [0.1, 0.15) is 5.69 Å². The number of pyridine rings is 1. The largest absolute Gasteiger partial charge is 0.292 e. The van der Waals surface area contributed by atoms with Crippen LogP contribution in [0.25, 0.3) is 39.4 Å². The fourth-order valence-electron chi connectivity index (χ4n) is 3.60. The molecule has 0 saturated carbocycles. The van der Waals surface area contributed by atoms with E-state index in [9.17, 15) is 0 Å². The summed E-state index contributed by atoms with van der Waals surface area (Å²) in [4.78, 5) is 9.83. The second-order valence-corrected chi connectivity index (χ2v) is 6.80. The van der Waals surface area contributed by atoms with E-state index in [4.69, 9.17) is 9.97 Å². The van der Waals surface area contributed by atoms with Crippen molar-refractivity contribution in [3.8, 4) is 28.3 Å². The number of aryl methyl sites for hydroxylation is 1. The molecular formula is C25H19N3. The van der Waals surface area contributed by atoms with Gasteiger partial charge in [-0.05, 0) is 25.1 Å². The number of rotatable bonds is 3. The van der Waals surface area contributed by atoms with Crippen LogP contribution in [0.4, 0.5) is 0 Å². The van der Waals surface area contributed by atoms with Crippen molar-refractivity contribution in [2.24, 2.45) is 0 Å². The maximum atomic E-state index is 4.99. The summed E-state index contributed by atoms with van der Waals surface area (Å²) < 4.78 is 2.23. The molecule has 0 aliphatic rings. The highest BCUT2D eigenvalue weighted by molar-refractivity contribution is 5.87. The summed E-state index contributed by atoms with van der Waals surface area (Å²) in [6.45, 7) is 2.03. The molecule has 0 spiro atoms. The Labute approximate surface area is 164 Å². The summed E-state index contributed by atoms with van der Waals surface area (Å²) in [7, 11) is 0. The van der Waals surface area contributed by atoms with Crippen LogP contribution in [0.3, 0.4) is 0 Å². The molecule has 5 aromatic rings. The second-order valence-electron chi connectivity index (χ2n) is 6.80. The average Bonchev–Trinajstić information content (AvgIpc) is 3.16. The average molecular weight is 361 g/mol. The van der Waals surface area contributed by atoms with E-state index < -0.39 is 0 Å². The van der Waals surface area contributed by atoms with Gasteiger partial charge in [-0.3, -0.25) is 9.55 Å². The second kappa shape index (κ2) is 6.78. The van der Waals surface area contributed by atoms with Crippen molar-refractivity contribution in [3.05, 3.63) is 103 Å². The van der Waals surface area contributed by atoms with Gasteiger partial charge in [0, 0.05) is 16.8 Å². The van der Waals surface area contributed by atoms with Crippen LogP contribution in [-0.2, 0) is 0 Å². The van der Waals surface area contributed by atoms with Crippen LogP contribution in [0, 0.1) is 6.92 Å². The van der Waals surface area contributed by atoms with Gasteiger partial charge < -0.3 is 0 Å². The number of imidazole rings is 1. The van der Waals surface area contributed by atoms with Crippen molar-refractivity contribution in [2.75, 3.05) is 0 Å². The summed E-state index contributed by atoms with van der Waals surface area (Å²) >= 11 is 0. The molecule has 3 nitrogen and oxygen atoms in total. The summed E-state index contributed by atoms with van der Waals surface area (Å²) in [5, 5.41) is 0. The molecule has 28 heavy (non-hydrogen) atoms. The van der Waals surface area contributed by atoms with Gasteiger partial charge in [0.1, 0.15) is 11.3 Å². The number of fused-ring (bicyclic) bond motifs is 1. The van der Waals surface area contributed by atoms with Gasteiger partial charge in [-0.2, -0.15) is 0 Å². The molecule has 3 heteroatoms. The minimum atomic E-state index is 0.928. The van der Waals surface area contributed by atoms with Crippen molar-refractivity contribution < 1.29 is 0 Å². The minimum absolute atomic E-state index is 0.928. The van der Waals surface area contributed by atoms with Crippen LogP contribution in [0.15, 0.2) is 97.1 Å². The fraction of sp³-hybridized carbons (Fsp3) is 0.0400. The molecule has 0 saturated heterocycles. The zero-order chi connectivity index (χ0) is 18.9. The summed E-state index contributed by atoms with van der Waals surface area (Å²) in [5.41, 5.74) is 7.18. The van der Waals surface area contributed by atoms with E-state index in [1.165, 1.54) is 0 Å². The van der Waals surface area contributed by atoms with E-state index in [-0.39, 0.29) is 0 Å². The molecule has 0 N–H and O–H groups in total. The smallest absolute Gasteiger partial charge is 0.145 e. The Hall–Kier alpha value is -3.72. The van der Waals surface area contributed by atoms with Crippen molar-refractivity contribution in [3.63, 3.8) is 0 Å². The first kappa shape index (κ1) is 16.5. The Morgan fingerprint density at radius 2 is 1.21 bits per heavy atom. The molecule has 134 valence electrons. The Morgan fingerprint density at radius 1 is 0.643 bits per heavy atom. The van der Waals surface area contributed by atoms with Crippen molar-refractivity contribution >= 4 is 11.0 Å². The Morgan fingerprint density at radius 3 is 1.86 bits per heavy atom. The molecule has 5 rings (SSSR count). The predicted octanol–water partition coefficient (Wildman–Crippen LogP) is 6.06. The van der Waals surface area contributed by atoms with Crippen molar-refractivity contribution in [1.29, 1.82) is 0 Å². The lowest BCUT2D eigenvalue weighted by molar-refractivity contribution is 1.10. The van der Waals surface area contributed by atoms with Crippen LogP contribution < -0.4 is 0 Å². The van der Waals surface area contributed by atoms with Gasteiger partial charge in [0.05, 0.1) is 16.9 Å². The Kier molecular flexibility index (Phi) is 3.99. The number of benzene rings is 3. The molecule has 0 amide bonds. The van der Waals surface area contributed by atoms with Gasteiger partial charge >= 0.3 is 0 Å². The topological polar surface area (TPSA) is 30.7 Å². The summed E-state index contributed by atoms with van der Waals surface area (Å²) in [6, 6.07) is 33.1. The lowest BCUT2D eigenvalue weighted by Gasteiger charge is -2.10. The van der Waals surface area contributed by atoms with Gasteiger partial charge in [0.2, 0.25) is 0 Å². The third kappa shape index (κ3) is 2.78. The number of nitrogens with zero attached hydrogens (tertiary/aromatic N) is 3. The molecule has 0 atom stereocenters. The maximum absolute atomic E-state index is 4.99. The quantitative estimate of drug-likeness (QED) is 0.391. The van der Waals surface area contributed by atoms with Crippen molar-refractivity contribution in [2.45, 2.75) is 6.92 Å². The Balaban J connectivity index is 1.85. The SMILES string of the molecule is Cc1nc(-c2ccccc2)cc2c1nc(-c1ccccc1)n2-c1ccccc1. The number of para-hydroxylation sites is 1. The number of aromatic nitrogens is 3. The van der Waals surface area contributed by atoms with E-state index in [1.54, 1.807) is 0 Å². The van der Waals surface area contributed by atoms with Crippen molar-refractivity contribution in [1.82, 2.24) is 14.5 Å². The minimum Gasteiger partial charge on any atom is -0.292 e. The van der Waals surface area contributed by atoms with E-state index in [1.807, 2.05) is 49.4 Å². The molecule has 3 aromatic carbocycles. The first-order chi connectivity index (χ1) is 13.8. The molecular weight excluding hydrogens is 342 g/mol. The molecule has 0 aliphatic carbocycles. The standard InChI is InChI=1S/C25H19N3/c1-18-24-23(17-22(26-18)19-11-5-2-6-12-19)28(21-15-9-4-10-16-21)25(27-24)20-13-7-3-8-14-20/h2-17H,1H3. The molecule has 0 radical (unpaired) electrons. The predicted molar refractivity (Wildman–Crippen MR) is 114 cm³/mol. The van der Waals surface area contributed by atoms with E-state index in [0.717, 1.165) is 45.1 Å². The highest BCUT2D eigenvalue weighted by atomic mass is 15.1. The molecule has 2 heterocycles. The summed E-state index contributed by atoms with van der Waals surface area (Å²) in [5.74, 6) is 0.928. The Bertz CT molecular complexity index is 1240. The normalized spacial score (nSPS) is 11.0. The van der Waals surface area contributed by atoms with E-state index in [0.29, 0.717) is 0 Å². The first-order valence-electron chi connectivity index (χ1n) is 9.37. The highest BCUT2D eigenvalue weighted by Gasteiger charge is 2.17. The molecule has 0 aliphatic heterocycles. The zero-order valence-corrected chi connectivity index (χ0v) is 15.6. The molecule has 2 aromatic heterocycles. The van der Waals surface area contributed by atoms with Gasteiger partial charge in [-0.15, -0.1) is 0 Å². The lowest BCUT2D eigenvalue weighted by atomic mass is 10.1. The third-order valence-corrected chi connectivity index (χ3v) is 4.93. The van der Waals surface area contributed by atoms with Gasteiger partial charge in [0.15, 0.2) is 0 Å². The lowest BCUT2D eigenvalue weighted by Crippen LogP contribution is -1.98. The molecule has 0 bridgehead atoms. The fourth-order valence-corrected chi connectivity index (χ4v) is 3.60. The van der Waals surface area contributed by atoms with E-state index >= 15 is 0 Å². The van der Waals surface area contributed by atoms with Crippen LogP contribution in [0.5, 0.6) is 0 Å². The monoisotopic (exact) mass is 361 g/mol. The molecule has 0 fully saturated rings. The van der Waals surface area contributed by atoms with Gasteiger partial charge in [0.25, 0.3) is 0 Å². The number of hydrogen-bond acceptors (Lipinski definition) is 2. The molecule has 0 unspecified atom stereocenters. The third-order valence-electron chi connectivity index (χ3n) is 4.93. The maximum Gasteiger partial charge on any atom is 0.145 e. The zero-order valence-electron chi connectivity index (χ0n) is 15.6. The number of hydrogen-bond donors (Lipinski definition) is 0.